The molecule has 4 heteroatoms. The highest BCUT2D eigenvalue weighted by Gasteiger charge is 2.03. The van der Waals surface area contributed by atoms with Gasteiger partial charge in [-0.2, -0.15) is 0 Å². The Hall–Kier alpha value is -2.75. The van der Waals surface area contributed by atoms with Gasteiger partial charge in [-0.15, -0.1) is 0 Å². The molecular weight excluding hydrogens is 290 g/mol. The van der Waals surface area contributed by atoms with Gasteiger partial charge in [0.15, 0.2) is 0 Å². The molecule has 0 radical (unpaired) electrons. The molecule has 1 N–H and O–H groups in total. The van der Waals surface area contributed by atoms with Crippen molar-refractivity contribution in [3.8, 4) is 11.5 Å². The van der Waals surface area contributed by atoms with Crippen LogP contribution in [0.4, 0.5) is 0 Å². The molecule has 0 spiro atoms. The molecule has 0 bridgehead atoms. The number of carbonyl (C=O) groups is 1. The van der Waals surface area contributed by atoms with Crippen LogP contribution in [0.1, 0.15) is 16.7 Å². The zero-order chi connectivity index (χ0) is 16.7. The largest absolute Gasteiger partial charge is 0.497 e. The first kappa shape index (κ1) is 16.6. The van der Waals surface area contributed by atoms with Crippen molar-refractivity contribution in [2.45, 2.75) is 13.5 Å². The fraction of sp³-hybridized carbons (Fsp3) is 0.211. The molecule has 0 aliphatic heterocycles. The minimum atomic E-state index is -0.147. The van der Waals surface area contributed by atoms with Gasteiger partial charge in [0.2, 0.25) is 5.91 Å². The van der Waals surface area contributed by atoms with Gasteiger partial charge in [-0.1, -0.05) is 24.3 Å². The maximum atomic E-state index is 12.0. The van der Waals surface area contributed by atoms with E-state index in [0.717, 1.165) is 16.7 Å². The molecule has 4 nitrogen and oxygen atoms in total. The molecule has 0 aliphatic rings. The second kappa shape index (κ2) is 8.03. The Morgan fingerprint density at radius 3 is 2.61 bits per heavy atom. The van der Waals surface area contributed by atoms with Crippen LogP contribution in [0.2, 0.25) is 0 Å². The average Bonchev–Trinajstić information content (AvgIpc) is 2.59. The predicted octanol–water partition coefficient (Wildman–Crippen LogP) is 3.34. The van der Waals surface area contributed by atoms with E-state index in [4.69, 9.17) is 9.47 Å². The van der Waals surface area contributed by atoms with Gasteiger partial charge >= 0.3 is 0 Å². The van der Waals surface area contributed by atoms with Crippen molar-refractivity contribution >= 4 is 12.0 Å². The van der Waals surface area contributed by atoms with E-state index in [2.05, 4.69) is 5.32 Å². The highest BCUT2D eigenvalue weighted by Crippen LogP contribution is 2.25. The molecule has 0 unspecified atom stereocenters. The van der Waals surface area contributed by atoms with Gasteiger partial charge in [-0.05, 0) is 36.3 Å². The molecule has 0 saturated heterocycles. The fourth-order valence-electron chi connectivity index (χ4n) is 2.17. The molecule has 2 aromatic rings. The summed E-state index contributed by atoms with van der Waals surface area (Å²) in [5.41, 5.74) is 3.09. The average molecular weight is 311 g/mol. The number of methoxy groups -OCH3 is 2. The van der Waals surface area contributed by atoms with Crippen LogP contribution in [-0.4, -0.2) is 20.1 Å². The molecule has 2 rings (SSSR count). The van der Waals surface area contributed by atoms with E-state index in [0.29, 0.717) is 18.0 Å². The summed E-state index contributed by atoms with van der Waals surface area (Å²) in [4.78, 5) is 12.0. The Labute approximate surface area is 136 Å². The molecule has 2 aromatic carbocycles. The quantitative estimate of drug-likeness (QED) is 0.832. The second-order valence-corrected chi connectivity index (χ2v) is 5.09. The second-order valence-electron chi connectivity index (χ2n) is 5.09. The molecule has 120 valence electrons. The van der Waals surface area contributed by atoms with Gasteiger partial charge in [-0.3, -0.25) is 4.79 Å². The monoisotopic (exact) mass is 311 g/mol. The Morgan fingerprint density at radius 2 is 1.91 bits per heavy atom. The maximum absolute atomic E-state index is 12.0. The lowest BCUT2D eigenvalue weighted by atomic mass is 10.1. The molecule has 0 aliphatic carbocycles. The minimum Gasteiger partial charge on any atom is -0.497 e. The molecule has 0 heterocycles. The smallest absolute Gasteiger partial charge is 0.244 e. The molecule has 0 aromatic heterocycles. The Bertz CT molecular complexity index is 708. The predicted molar refractivity (Wildman–Crippen MR) is 91.6 cm³/mol. The SMILES string of the molecule is COc1ccc(/C=C/C(=O)NCc2ccccc2C)c(OC)c1. The maximum Gasteiger partial charge on any atom is 0.244 e. The third kappa shape index (κ3) is 4.61. The fourth-order valence-corrected chi connectivity index (χ4v) is 2.17. The Morgan fingerprint density at radius 1 is 1.13 bits per heavy atom. The number of benzene rings is 2. The lowest BCUT2D eigenvalue weighted by Crippen LogP contribution is -2.20. The minimum absolute atomic E-state index is 0.147. The van der Waals surface area contributed by atoms with Crippen LogP contribution in [0.15, 0.2) is 48.5 Å². The van der Waals surface area contributed by atoms with Crippen molar-refractivity contribution in [3.63, 3.8) is 0 Å². The van der Waals surface area contributed by atoms with Crippen molar-refractivity contribution in [1.29, 1.82) is 0 Å². The van der Waals surface area contributed by atoms with E-state index >= 15 is 0 Å². The Balaban J connectivity index is 2.00. The van der Waals surface area contributed by atoms with Gasteiger partial charge in [-0.25, -0.2) is 0 Å². The number of nitrogens with one attached hydrogen (secondary N) is 1. The summed E-state index contributed by atoms with van der Waals surface area (Å²) in [6.45, 7) is 2.54. The number of hydrogen-bond donors (Lipinski definition) is 1. The number of carbonyl (C=O) groups excluding carboxylic acids is 1. The van der Waals surface area contributed by atoms with E-state index in [1.807, 2.05) is 43.3 Å². The molecule has 0 fully saturated rings. The summed E-state index contributed by atoms with van der Waals surface area (Å²) in [6.07, 6.45) is 3.23. The van der Waals surface area contributed by atoms with Crippen molar-refractivity contribution in [1.82, 2.24) is 5.32 Å². The van der Waals surface area contributed by atoms with E-state index in [1.54, 1.807) is 26.4 Å². The van der Waals surface area contributed by atoms with Gasteiger partial charge in [0.1, 0.15) is 11.5 Å². The van der Waals surface area contributed by atoms with E-state index in [-0.39, 0.29) is 5.91 Å². The number of aryl methyl sites for hydroxylation is 1. The number of hydrogen-bond acceptors (Lipinski definition) is 3. The number of rotatable bonds is 6. The lowest BCUT2D eigenvalue weighted by molar-refractivity contribution is -0.116. The topological polar surface area (TPSA) is 47.6 Å². The first-order chi connectivity index (χ1) is 11.1. The van der Waals surface area contributed by atoms with Gasteiger partial charge in [0.05, 0.1) is 14.2 Å². The third-order valence-electron chi connectivity index (χ3n) is 3.57. The molecule has 1 amide bonds. The van der Waals surface area contributed by atoms with Crippen LogP contribution in [0.5, 0.6) is 11.5 Å². The summed E-state index contributed by atoms with van der Waals surface area (Å²) < 4.78 is 10.5. The van der Waals surface area contributed by atoms with E-state index < -0.39 is 0 Å². The summed E-state index contributed by atoms with van der Waals surface area (Å²) in [5.74, 6) is 1.22. The van der Waals surface area contributed by atoms with Gasteiger partial charge in [0.25, 0.3) is 0 Å². The number of amides is 1. The summed E-state index contributed by atoms with van der Waals surface area (Å²) in [6, 6.07) is 13.4. The highest BCUT2D eigenvalue weighted by atomic mass is 16.5. The molecule has 23 heavy (non-hydrogen) atoms. The van der Waals surface area contributed by atoms with Crippen molar-refractivity contribution < 1.29 is 14.3 Å². The van der Waals surface area contributed by atoms with Crippen molar-refractivity contribution in [2.24, 2.45) is 0 Å². The van der Waals surface area contributed by atoms with Crippen molar-refractivity contribution in [3.05, 3.63) is 65.2 Å². The summed E-state index contributed by atoms with van der Waals surface area (Å²) in [5, 5.41) is 2.88. The number of ether oxygens (including phenoxy) is 2. The first-order valence-corrected chi connectivity index (χ1v) is 7.36. The molecular formula is C19H21NO3. The molecule has 0 atom stereocenters. The normalized spacial score (nSPS) is 10.6. The van der Waals surface area contributed by atoms with Crippen LogP contribution < -0.4 is 14.8 Å². The van der Waals surface area contributed by atoms with E-state index in [9.17, 15) is 4.79 Å². The lowest BCUT2D eigenvalue weighted by Gasteiger charge is -2.08. The van der Waals surface area contributed by atoms with Crippen LogP contribution in [0.25, 0.3) is 6.08 Å². The summed E-state index contributed by atoms with van der Waals surface area (Å²) in [7, 11) is 3.19. The van der Waals surface area contributed by atoms with Gasteiger partial charge < -0.3 is 14.8 Å². The van der Waals surface area contributed by atoms with Gasteiger partial charge in [0, 0.05) is 24.3 Å². The first-order valence-electron chi connectivity index (χ1n) is 7.36. The van der Waals surface area contributed by atoms with E-state index in [1.165, 1.54) is 6.08 Å². The van der Waals surface area contributed by atoms with Crippen LogP contribution in [0.3, 0.4) is 0 Å². The highest BCUT2D eigenvalue weighted by molar-refractivity contribution is 5.92. The van der Waals surface area contributed by atoms with Crippen LogP contribution >= 0.6 is 0 Å². The van der Waals surface area contributed by atoms with Crippen LogP contribution in [0, 0.1) is 6.92 Å². The van der Waals surface area contributed by atoms with Crippen molar-refractivity contribution in [2.75, 3.05) is 14.2 Å². The standard InChI is InChI=1S/C19H21NO3/c1-14-6-4-5-7-16(14)13-20-19(21)11-9-15-8-10-17(22-2)12-18(15)23-3/h4-12H,13H2,1-3H3,(H,20,21)/b11-9+. The Kier molecular flexibility index (Phi) is 5.80. The molecule has 0 saturated carbocycles. The third-order valence-corrected chi connectivity index (χ3v) is 3.57. The zero-order valence-electron chi connectivity index (χ0n) is 13.6. The zero-order valence-corrected chi connectivity index (χ0v) is 13.6. The van der Waals surface area contributed by atoms with Crippen LogP contribution in [-0.2, 0) is 11.3 Å². The summed E-state index contributed by atoms with van der Waals surface area (Å²) >= 11 is 0.